The lowest BCUT2D eigenvalue weighted by Crippen LogP contribution is -2.59. The van der Waals surface area contributed by atoms with Crippen molar-refractivity contribution in [2.45, 2.75) is 64.8 Å². The third-order valence-corrected chi connectivity index (χ3v) is 8.53. The summed E-state index contributed by atoms with van der Waals surface area (Å²) >= 11 is 0. The van der Waals surface area contributed by atoms with Crippen LogP contribution in [0.3, 0.4) is 0 Å². The molecule has 6 rings (SSSR count). The van der Waals surface area contributed by atoms with Gasteiger partial charge in [-0.2, -0.15) is 0 Å². The summed E-state index contributed by atoms with van der Waals surface area (Å²) in [4.78, 5) is 23.8. The van der Waals surface area contributed by atoms with Gasteiger partial charge in [0.05, 0.1) is 18.1 Å². The highest BCUT2D eigenvalue weighted by Crippen LogP contribution is 2.60. The number of primary amides is 1. The summed E-state index contributed by atoms with van der Waals surface area (Å²) in [6, 6.07) is 0.426. The Bertz CT molecular complexity index is 739. The van der Waals surface area contributed by atoms with Crippen LogP contribution in [0.1, 0.15) is 58.8 Å². The maximum Gasteiger partial charge on any atom is 0.225 e. The predicted octanol–water partition coefficient (Wildman–Crippen LogP) is 3.44. The molecule has 1 aromatic heterocycles. The molecule has 4 saturated carbocycles. The Balaban J connectivity index is 1.23. The molecule has 2 heterocycles. The van der Waals surface area contributed by atoms with Gasteiger partial charge in [0.2, 0.25) is 11.9 Å². The van der Waals surface area contributed by atoms with Crippen molar-refractivity contribution in [3.63, 3.8) is 0 Å². The van der Waals surface area contributed by atoms with Crippen molar-refractivity contribution in [3.8, 4) is 0 Å². The fraction of sp³-hybridized carbons (Fsp3) is 0.783. The third-order valence-electron chi connectivity index (χ3n) is 8.53. The summed E-state index contributed by atoms with van der Waals surface area (Å²) in [7, 11) is 0. The fourth-order valence-corrected chi connectivity index (χ4v) is 7.08. The molecule has 2 atom stereocenters. The Labute approximate surface area is 174 Å². The Morgan fingerprint density at radius 2 is 1.76 bits per heavy atom. The number of carbonyl (C=O) groups excluding carboxylic acids is 1. The second-order valence-electron chi connectivity index (χ2n) is 10.6. The van der Waals surface area contributed by atoms with E-state index in [0.717, 1.165) is 55.8 Å². The lowest BCUT2D eigenvalue weighted by molar-refractivity contribution is -0.143. The first kappa shape index (κ1) is 19.1. The largest absolute Gasteiger partial charge is 0.379 e. The highest BCUT2D eigenvalue weighted by Gasteiger charge is 2.57. The minimum atomic E-state index is -0.225. The SMILES string of the molecule is CC(C)C1CCN(c2ncc(NC3C4CC5CC3CC(C(N)=O)(C5)C4)cn2)CC1. The average Bonchev–Trinajstić information content (AvgIpc) is 2.71. The molecule has 4 aliphatic carbocycles. The van der Waals surface area contributed by atoms with Crippen LogP contribution in [0.2, 0.25) is 0 Å². The van der Waals surface area contributed by atoms with E-state index in [4.69, 9.17) is 5.73 Å². The van der Waals surface area contributed by atoms with Crippen LogP contribution in [0.5, 0.6) is 0 Å². The van der Waals surface area contributed by atoms with Crippen LogP contribution in [-0.2, 0) is 4.79 Å². The van der Waals surface area contributed by atoms with Crippen molar-refractivity contribution in [1.82, 2.24) is 9.97 Å². The molecule has 0 aromatic carbocycles. The van der Waals surface area contributed by atoms with Gasteiger partial charge >= 0.3 is 0 Å². The standard InChI is InChI=1S/C23H35N5O/c1-14(2)16-3-5-28(6-4-16)22-25-12-19(13-26-22)27-20-17-7-15-8-18(20)11-23(9-15,10-17)21(24)29/h12-18,20,27H,3-11H2,1-2H3,(H2,24,29). The minimum absolute atomic E-state index is 0.0655. The van der Waals surface area contributed by atoms with E-state index >= 15 is 0 Å². The Hall–Kier alpha value is -1.85. The maximum absolute atomic E-state index is 12.1. The van der Waals surface area contributed by atoms with Crippen molar-refractivity contribution < 1.29 is 4.79 Å². The minimum Gasteiger partial charge on any atom is -0.379 e. The number of hydrogen-bond donors (Lipinski definition) is 2. The van der Waals surface area contributed by atoms with E-state index in [1.807, 2.05) is 12.4 Å². The van der Waals surface area contributed by atoms with Gasteiger partial charge in [-0.1, -0.05) is 13.8 Å². The molecule has 1 aliphatic heterocycles. The number of amides is 1. The molecule has 4 bridgehead atoms. The molecule has 158 valence electrons. The monoisotopic (exact) mass is 397 g/mol. The van der Waals surface area contributed by atoms with E-state index in [9.17, 15) is 4.79 Å². The van der Waals surface area contributed by atoms with Crippen molar-refractivity contribution in [1.29, 1.82) is 0 Å². The highest BCUT2D eigenvalue weighted by atomic mass is 16.1. The summed E-state index contributed by atoms with van der Waals surface area (Å²) in [6.45, 7) is 6.76. The van der Waals surface area contributed by atoms with Crippen LogP contribution in [0.25, 0.3) is 0 Å². The van der Waals surface area contributed by atoms with E-state index < -0.39 is 0 Å². The fourth-order valence-electron chi connectivity index (χ4n) is 7.08. The number of piperidine rings is 1. The molecular weight excluding hydrogens is 362 g/mol. The smallest absolute Gasteiger partial charge is 0.225 e. The number of hydrogen-bond acceptors (Lipinski definition) is 5. The van der Waals surface area contributed by atoms with Crippen LogP contribution in [-0.4, -0.2) is 35.0 Å². The van der Waals surface area contributed by atoms with Gasteiger partial charge < -0.3 is 16.0 Å². The van der Waals surface area contributed by atoms with Gasteiger partial charge in [0.1, 0.15) is 0 Å². The summed E-state index contributed by atoms with van der Waals surface area (Å²) in [5, 5.41) is 3.74. The first-order chi connectivity index (χ1) is 13.9. The van der Waals surface area contributed by atoms with Crippen molar-refractivity contribution in [2.24, 2.45) is 40.7 Å². The van der Waals surface area contributed by atoms with Crippen LogP contribution >= 0.6 is 0 Å². The van der Waals surface area contributed by atoms with Gasteiger partial charge in [-0.15, -0.1) is 0 Å². The number of aromatic nitrogens is 2. The Morgan fingerprint density at radius 1 is 1.14 bits per heavy atom. The van der Waals surface area contributed by atoms with Crippen molar-refractivity contribution in [2.75, 3.05) is 23.3 Å². The van der Waals surface area contributed by atoms with Crippen molar-refractivity contribution in [3.05, 3.63) is 12.4 Å². The van der Waals surface area contributed by atoms with Crippen molar-refractivity contribution >= 4 is 17.5 Å². The van der Waals surface area contributed by atoms with E-state index in [1.54, 1.807) is 0 Å². The summed E-state index contributed by atoms with van der Waals surface area (Å²) in [6.07, 6.45) is 11.8. The average molecular weight is 398 g/mol. The van der Waals surface area contributed by atoms with Crippen LogP contribution < -0.4 is 16.0 Å². The summed E-state index contributed by atoms with van der Waals surface area (Å²) in [5.74, 6) is 4.16. The zero-order valence-electron chi connectivity index (χ0n) is 17.8. The molecule has 5 aliphatic rings. The second kappa shape index (κ2) is 7.13. The Morgan fingerprint density at radius 3 is 2.31 bits per heavy atom. The van der Waals surface area contributed by atoms with Gasteiger partial charge in [-0.25, -0.2) is 9.97 Å². The molecule has 5 fully saturated rings. The maximum atomic E-state index is 12.1. The zero-order chi connectivity index (χ0) is 20.2. The van der Waals surface area contributed by atoms with Gasteiger partial charge in [0, 0.05) is 24.5 Å². The van der Waals surface area contributed by atoms with E-state index in [1.165, 1.54) is 25.7 Å². The third kappa shape index (κ3) is 3.38. The molecule has 0 radical (unpaired) electrons. The number of nitrogens with two attached hydrogens (primary N) is 1. The quantitative estimate of drug-likeness (QED) is 0.795. The Kier molecular flexibility index (Phi) is 4.71. The molecule has 6 nitrogen and oxygen atoms in total. The van der Waals surface area contributed by atoms with Crippen LogP contribution in [0.15, 0.2) is 12.4 Å². The summed E-state index contributed by atoms with van der Waals surface area (Å²) in [5.41, 5.74) is 6.60. The van der Waals surface area contributed by atoms with Gasteiger partial charge in [0.15, 0.2) is 0 Å². The lowest BCUT2D eigenvalue weighted by atomic mass is 9.47. The molecule has 1 amide bonds. The first-order valence-electron chi connectivity index (χ1n) is 11.6. The number of anilines is 2. The van der Waals surface area contributed by atoms with E-state index in [0.29, 0.717) is 23.8 Å². The second-order valence-corrected chi connectivity index (χ2v) is 10.6. The molecule has 3 N–H and O–H groups in total. The molecule has 6 heteroatoms. The van der Waals surface area contributed by atoms with Gasteiger partial charge in [-0.3, -0.25) is 4.79 Å². The molecule has 2 unspecified atom stereocenters. The first-order valence-corrected chi connectivity index (χ1v) is 11.6. The van der Waals surface area contributed by atoms with Crippen LogP contribution in [0.4, 0.5) is 11.6 Å². The van der Waals surface area contributed by atoms with E-state index in [2.05, 4.69) is 34.0 Å². The summed E-state index contributed by atoms with van der Waals surface area (Å²) < 4.78 is 0. The van der Waals surface area contributed by atoms with E-state index in [-0.39, 0.29) is 11.3 Å². The highest BCUT2D eigenvalue weighted by molar-refractivity contribution is 5.81. The topological polar surface area (TPSA) is 84.1 Å². The number of nitrogens with one attached hydrogen (secondary N) is 1. The number of rotatable bonds is 5. The zero-order valence-corrected chi connectivity index (χ0v) is 17.8. The predicted molar refractivity (Wildman–Crippen MR) is 114 cm³/mol. The molecule has 1 saturated heterocycles. The molecular formula is C23H35N5O. The molecule has 0 spiro atoms. The molecule has 29 heavy (non-hydrogen) atoms. The lowest BCUT2D eigenvalue weighted by Gasteiger charge is -2.59. The van der Waals surface area contributed by atoms with Gasteiger partial charge in [-0.05, 0) is 74.5 Å². The van der Waals surface area contributed by atoms with Crippen LogP contribution in [0, 0.1) is 35.0 Å². The molecule has 1 aromatic rings. The number of nitrogens with zero attached hydrogens (tertiary/aromatic N) is 3. The number of carbonyl (C=O) groups is 1. The van der Waals surface area contributed by atoms with Gasteiger partial charge in [0.25, 0.3) is 0 Å². The normalized spacial score (nSPS) is 36.6.